The van der Waals surface area contributed by atoms with Gasteiger partial charge >= 0.3 is 0 Å². The summed E-state index contributed by atoms with van der Waals surface area (Å²) in [5.74, 6) is 2.28. The molecule has 0 aromatic carbocycles. The van der Waals surface area contributed by atoms with Crippen molar-refractivity contribution in [2.24, 2.45) is 5.92 Å². The maximum Gasteiger partial charge on any atom is 0.0256 e. The molecule has 0 aliphatic carbocycles. The van der Waals surface area contributed by atoms with Crippen molar-refractivity contribution in [1.29, 1.82) is 0 Å². The monoisotopic (exact) mass is 228 g/mol. The van der Waals surface area contributed by atoms with Crippen LogP contribution in [0.1, 0.15) is 32.6 Å². The average Bonchev–Trinajstić information content (AvgIpc) is 2.67. The van der Waals surface area contributed by atoms with Crippen molar-refractivity contribution in [1.82, 2.24) is 10.6 Å². The first-order valence-electron chi connectivity index (χ1n) is 6.34. The molecular formula is C12H24N2S. The lowest BCUT2D eigenvalue weighted by molar-refractivity contribution is 0.351. The van der Waals surface area contributed by atoms with E-state index in [-0.39, 0.29) is 0 Å². The molecule has 3 heteroatoms. The van der Waals surface area contributed by atoms with Gasteiger partial charge in [-0.15, -0.1) is 0 Å². The fourth-order valence-corrected chi connectivity index (χ4v) is 3.88. The topological polar surface area (TPSA) is 24.1 Å². The second-order valence-electron chi connectivity index (χ2n) is 5.23. The molecule has 2 aliphatic rings. The molecule has 2 N–H and O–H groups in total. The van der Waals surface area contributed by atoms with E-state index in [0.29, 0.717) is 4.75 Å². The molecule has 0 spiro atoms. The Hall–Kier alpha value is 0.270. The third-order valence-electron chi connectivity index (χ3n) is 3.69. The zero-order valence-electron chi connectivity index (χ0n) is 9.85. The van der Waals surface area contributed by atoms with E-state index in [1.54, 1.807) is 0 Å². The molecule has 1 atom stereocenters. The van der Waals surface area contributed by atoms with Crippen molar-refractivity contribution >= 4 is 11.8 Å². The van der Waals surface area contributed by atoms with Gasteiger partial charge in [0.2, 0.25) is 0 Å². The van der Waals surface area contributed by atoms with E-state index >= 15 is 0 Å². The first-order valence-corrected chi connectivity index (χ1v) is 7.32. The van der Waals surface area contributed by atoms with Crippen molar-refractivity contribution < 1.29 is 0 Å². The van der Waals surface area contributed by atoms with Crippen LogP contribution in [0, 0.1) is 5.92 Å². The molecule has 15 heavy (non-hydrogen) atoms. The Kier molecular flexibility index (Phi) is 4.35. The minimum atomic E-state index is 0.535. The van der Waals surface area contributed by atoms with Crippen molar-refractivity contribution in [3.8, 4) is 0 Å². The van der Waals surface area contributed by atoms with Gasteiger partial charge in [0.1, 0.15) is 0 Å². The second kappa shape index (κ2) is 5.55. The summed E-state index contributed by atoms with van der Waals surface area (Å²) in [6, 6.07) is 0. The minimum Gasteiger partial charge on any atom is -0.317 e. The van der Waals surface area contributed by atoms with Gasteiger partial charge in [-0.05, 0) is 63.9 Å². The van der Waals surface area contributed by atoms with E-state index in [1.807, 2.05) is 0 Å². The van der Waals surface area contributed by atoms with Crippen LogP contribution in [-0.4, -0.2) is 36.7 Å². The zero-order chi connectivity index (χ0) is 10.6. The summed E-state index contributed by atoms with van der Waals surface area (Å²) in [6.45, 7) is 7.30. The van der Waals surface area contributed by atoms with Crippen LogP contribution in [0.2, 0.25) is 0 Å². The Morgan fingerprint density at radius 3 is 2.87 bits per heavy atom. The molecule has 2 rings (SSSR count). The maximum absolute atomic E-state index is 3.69. The zero-order valence-corrected chi connectivity index (χ0v) is 10.7. The SMILES string of the molecule is CC1(CNCC2CCNCC2)CCCS1. The fourth-order valence-electron chi connectivity index (χ4n) is 2.60. The van der Waals surface area contributed by atoms with E-state index in [2.05, 4.69) is 29.3 Å². The Balaban J connectivity index is 1.61. The van der Waals surface area contributed by atoms with Crippen LogP contribution in [0.15, 0.2) is 0 Å². The van der Waals surface area contributed by atoms with Gasteiger partial charge in [-0.2, -0.15) is 11.8 Å². The number of nitrogens with one attached hydrogen (secondary N) is 2. The van der Waals surface area contributed by atoms with Crippen LogP contribution < -0.4 is 10.6 Å². The number of hydrogen-bond acceptors (Lipinski definition) is 3. The van der Waals surface area contributed by atoms with Crippen molar-refractivity contribution in [3.05, 3.63) is 0 Å². The normalized spacial score (nSPS) is 33.4. The van der Waals surface area contributed by atoms with Gasteiger partial charge in [0, 0.05) is 11.3 Å². The molecule has 0 aromatic rings. The second-order valence-corrected chi connectivity index (χ2v) is 6.91. The Morgan fingerprint density at radius 1 is 1.40 bits per heavy atom. The quantitative estimate of drug-likeness (QED) is 0.768. The lowest BCUT2D eigenvalue weighted by Crippen LogP contribution is -2.38. The predicted molar refractivity (Wildman–Crippen MR) is 68.6 cm³/mol. The number of hydrogen-bond donors (Lipinski definition) is 2. The highest BCUT2D eigenvalue weighted by Gasteiger charge is 2.29. The molecule has 88 valence electrons. The summed E-state index contributed by atoms with van der Waals surface area (Å²) in [6.07, 6.45) is 5.53. The van der Waals surface area contributed by atoms with Gasteiger partial charge < -0.3 is 10.6 Å². The standard InChI is InChI=1S/C12H24N2S/c1-12(5-2-8-15-12)10-14-9-11-3-6-13-7-4-11/h11,13-14H,2-10H2,1H3. The lowest BCUT2D eigenvalue weighted by atomic mass is 9.97. The molecule has 2 saturated heterocycles. The van der Waals surface area contributed by atoms with Crippen molar-refractivity contribution in [2.75, 3.05) is 31.9 Å². The maximum atomic E-state index is 3.69. The summed E-state index contributed by atoms with van der Waals surface area (Å²) < 4.78 is 0.535. The molecule has 0 saturated carbocycles. The molecule has 2 nitrogen and oxygen atoms in total. The van der Waals surface area contributed by atoms with Crippen LogP contribution in [0.5, 0.6) is 0 Å². The van der Waals surface area contributed by atoms with E-state index < -0.39 is 0 Å². The molecule has 0 bridgehead atoms. The van der Waals surface area contributed by atoms with Crippen LogP contribution in [-0.2, 0) is 0 Å². The van der Waals surface area contributed by atoms with Crippen LogP contribution in [0.3, 0.4) is 0 Å². The van der Waals surface area contributed by atoms with E-state index in [1.165, 1.54) is 57.6 Å². The first-order chi connectivity index (χ1) is 7.29. The van der Waals surface area contributed by atoms with Crippen molar-refractivity contribution in [2.45, 2.75) is 37.4 Å². The third kappa shape index (κ3) is 3.65. The van der Waals surface area contributed by atoms with Gasteiger partial charge in [-0.25, -0.2) is 0 Å². The Morgan fingerprint density at radius 2 is 2.20 bits per heavy atom. The molecule has 0 aromatic heterocycles. The molecule has 2 fully saturated rings. The molecular weight excluding hydrogens is 204 g/mol. The van der Waals surface area contributed by atoms with Gasteiger partial charge in [0.05, 0.1) is 0 Å². The molecule has 2 aliphatic heterocycles. The summed E-state index contributed by atoms with van der Waals surface area (Å²) in [5, 5.41) is 7.11. The lowest BCUT2D eigenvalue weighted by Gasteiger charge is -2.27. The first kappa shape index (κ1) is 11.7. The number of piperidine rings is 1. The summed E-state index contributed by atoms with van der Waals surface area (Å²) in [4.78, 5) is 0. The van der Waals surface area contributed by atoms with E-state index in [0.717, 1.165) is 5.92 Å². The number of thioether (sulfide) groups is 1. The highest BCUT2D eigenvalue weighted by Crippen LogP contribution is 2.36. The smallest absolute Gasteiger partial charge is 0.0256 e. The molecule has 0 radical (unpaired) electrons. The third-order valence-corrected chi connectivity index (χ3v) is 5.23. The summed E-state index contributed by atoms with van der Waals surface area (Å²) in [7, 11) is 0. The van der Waals surface area contributed by atoms with Crippen molar-refractivity contribution in [3.63, 3.8) is 0 Å². The van der Waals surface area contributed by atoms with Crippen LogP contribution in [0.25, 0.3) is 0 Å². The highest BCUT2D eigenvalue weighted by molar-refractivity contribution is 8.00. The minimum absolute atomic E-state index is 0.535. The van der Waals surface area contributed by atoms with Gasteiger partial charge in [-0.3, -0.25) is 0 Å². The number of rotatable bonds is 4. The Labute approximate surface area is 98.0 Å². The van der Waals surface area contributed by atoms with E-state index in [9.17, 15) is 0 Å². The average molecular weight is 228 g/mol. The molecule has 2 heterocycles. The van der Waals surface area contributed by atoms with Gasteiger partial charge in [0.25, 0.3) is 0 Å². The predicted octanol–water partition coefficient (Wildman–Crippen LogP) is 1.86. The Bertz CT molecular complexity index is 184. The summed E-state index contributed by atoms with van der Waals surface area (Å²) in [5.41, 5.74) is 0. The summed E-state index contributed by atoms with van der Waals surface area (Å²) >= 11 is 2.16. The molecule has 0 amide bonds. The van der Waals surface area contributed by atoms with Gasteiger partial charge in [0.15, 0.2) is 0 Å². The molecule has 1 unspecified atom stereocenters. The van der Waals surface area contributed by atoms with Crippen LogP contribution >= 0.6 is 11.8 Å². The van der Waals surface area contributed by atoms with E-state index in [4.69, 9.17) is 0 Å². The van der Waals surface area contributed by atoms with Gasteiger partial charge in [-0.1, -0.05) is 0 Å². The van der Waals surface area contributed by atoms with Crippen LogP contribution in [0.4, 0.5) is 0 Å². The fraction of sp³-hybridized carbons (Fsp3) is 1.00. The largest absolute Gasteiger partial charge is 0.317 e. The highest BCUT2D eigenvalue weighted by atomic mass is 32.2.